The summed E-state index contributed by atoms with van der Waals surface area (Å²) in [5, 5.41) is 9.81. The zero-order valence-electron chi connectivity index (χ0n) is 7.34. The van der Waals surface area contributed by atoms with Crippen LogP contribution in [0.15, 0.2) is 24.3 Å². The van der Waals surface area contributed by atoms with Gasteiger partial charge in [-0.2, -0.15) is 0 Å². The highest BCUT2D eigenvalue weighted by molar-refractivity contribution is 6.30. The molecule has 0 aliphatic heterocycles. The third-order valence-corrected chi connectivity index (χ3v) is 2.27. The SMILES string of the molecule is CC(C)(CO)c1ccc(Cl)cc1. The molecule has 0 fully saturated rings. The van der Waals surface area contributed by atoms with Crippen LogP contribution in [0.5, 0.6) is 0 Å². The maximum absolute atomic E-state index is 9.08. The van der Waals surface area contributed by atoms with Gasteiger partial charge in [-0.1, -0.05) is 37.6 Å². The monoisotopic (exact) mass is 184 g/mol. The summed E-state index contributed by atoms with van der Waals surface area (Å²) in [4.78, 5) is 0. The standard InChI is InChI=1S/C10H13ClO/c1-10(2,7-12)8-3-5-9(11)6-4-8/h3-6,12H,7H2,1-2H3. The minimum atomic E-state index is -0.176. The van der Waals surface area contributed by atoms with Crippen LogP contribution in [0, 0.1) is 0 Å². The summed E-state index contributed by atoms with van der Waals surface area (Å²) < 4.78 is 0. The molecule has 2 heteroatoms. The summed E-state index contributed by atoms with van der Waals surface area (Å²) in [7, 11) is 0. The number of aliphatic hydroxyl groups excluding tert-OH is 1. The highest BCUT2D eigenvalue weighted by Gasteiger charge is 2.18. The Kier molecular flexibility index (Phi) is 2.76. The molecule has 0 amide bonds. The molecule has 0 saturated heterocycles. The fraction of sp³-hybridized carbons (Fsp3) is 0.400. The smallest absolute Gasteiger partial charge is 0.0522 e. The summed E-state index contributed by atoms with van der Waals surface area (Å²) in [5.41, 5.74) is 0.930. The van der Waals surface area contributed by atoms with Gasteiger partial charge in [0, 0.05) is 10.4 Å². The van der Waals surface area contributed by atoms with Crippen molar-refractivity contribution in [1.29, 1.82) is 0 Å². The van der Waals surface area contributed by atoms with Crippen molar-refractivity contribution in [3.05, 3.63) is 34.9 Å². The van der Waals surface area contributed by atoms with Crippen LogP contribution in [0.4, 0.5) is 0 Å². The molecule has 0 atom stereocenters. The summed E-state index contributed by atoms with van der Waals surface area (Å²) in [6.45, 7) is 4.14. The Balaban J connectivity index is 2.96. The van der Waals surface area contributed by atoms with Crippen LogP contribution in [0.3, 0.4) is 0 Å². The van der Waals surface area contributed by atoms with Gasteiger partial charge in [-0.15, -0.1) is 0 Å². The van der Waals surface area contributed by atoms with Gasteiger partial charge in [-0.3, -0.25) is 0 Å². The van der Waals surface area contributed by atoms with Crippen molar-refractivity contribution in [1.82, 2.24) is 0 Å². The van der Waals surface area contributed by atoms with Gasteiger partial charge < -0.3 is 5.11 Å². The summed E-state index contributed by atoms with van der Waals surface area (Å²) in [6.07, 6.45) is 0. The quantitative estimate of drug-likeness (QED) is 0.749. The van der Waals surface area contributed by atoms with Crippen LogP contribution >= 0.6 is 11.6 Å². The maximum Gasteiger partial charge on any atom is 0.0522 e. The van der Waals surface area contributed by atoms with E-state index in [4.69, 9.17) is 16.7 Å². The first-order chi connectivity index (χ1) is 5.56. The fourth-order valence-corrected chi connectivity index (χ4v) is 1.12. The van der Waals surface area contributed by atoms with Crippen molar-refractivity contribution < 1.29 is 5.11 Å². The Labute approximate surface area is 78.0 Å². The predicted molar refractivity (Wildman–Crippen MR) is 51.6 cm³/mol. The van der Waals surface area contributed by atoms with Crippen molar-refractivity contribution >= 4 is 11.6 Å². The molecule has 0 saturated carbocycles. The summed E-state index contributed by atoms with van der Waals surface area (Å²) in [6, 6.07) is 7.57. The molecule has 1 N–H and O–H groups in total. The first-order valence-corrected chi connectivity index (χ1v) is 4.31. The van der Waals surface area contributed by atoms with Crippen LogP contribution < -0.4 is 0 Å². The molecule has 1 nitrogen and oxygen atoms in total. The zero-order chi connectivity index (χ0) is 9.19. The maximum atomic E-state index is 9.08. The first kappa shape index (κ1) is 9.56. The van der Waals surface area contributed by atoms with E-state index in [0.717, 1.165) is 10.6 Å². The Hall–Kier alpha value is -0.530. The molecule has 66 valence electrons. The van der Waals surface area contributed by atoms with E-state index >= 15 is 0 Å². The molecule has 0 spiro atoms. The van der Waals surface area contributed by atoms with Gasteiger partial charge >= 0.3 is 0 Å². The molecule has 1 aromatic rings. The lowest BCUT2D eigenvalue weighted by Gasteiger charge is -2.21. The molecule has 1 aromatic carbocycles. The van der Waals surface area contributed by atoms with Crippen LogP contribution in [-0.4, -0.2) is 11.7 Å². The lowest BCUT2D eigenvalue weighted by molar-refractivity contribution is 0.218. The number of hydrogen-bond acceptors (Lipinski definition) is 1. The van der Waals surface area contributed by atoms with E-state index in [0.29, 0.717) is 0 Å². The Morgan fingerprint density at radius 1 is 1.25 bits per heavy atom. The molecule has 0 unspecified atom stereocenters. The number of aliphatic hydroxyl groups is 1. The van der Waals surface area contributed by atoms with E-state index in [1.807, 2.05) is 38.1 Å². The van der Waals surface area contributed by atoms with E-state index in [1.165, 1.54) is 0 Å². The van der Waals surface area contributed by atoms with Crippen LogP contribution in [0.1, 0.15) is 19.4 Å². The van der Waals surface area contributed by atoms with Gasteiger partial charge in [0.1, 0.15) is 0 Å². The van der Waals surface area contributed by atoms with E-state index in [-0.39, 0.29) is 12.0 Å². The number of benzene rings is 1. The second-order valence-corrected chi connectivity index (χ2v) is 3.99. The van der Waals surface area contributed by atoms with Crippen molar-refractivity contribution in [2.75, 3.05) is 6.61 Å². The molecule has 0 aliphatic carbocycles. The van der Waals surface area contributed by atoms with Gasteiger partial charge in [-0.25, -0.2) is 0 Å². The third-order valence-electron chi connectivity index (χ3n) is 2.02. The molecular formula is C10H13ClO. The molecule has 0 aromatic heterocycles. The van der Waals surface area contributed by atoms with Crippen molar-refractivity contribution in [3.63, 3.8) is 0 Å². The molecule has 0 radical (unpaired) electrons. The van der Waals surface area contributed by atoms with Gasteiger partial charge in [-0.05, 0) is 17.7 Å². The number of halogens is 1. The molecular weight excluding hydrogens is 172 g/mol. The molecule has 1 rings (SSSR count). The first-order valence-electron chi connectivity index (χ1n) is 3.93. The van der Waals surface area contributed by atoms with Gasteiger partial charge in [0.2, 0.25) is 0 Å². The lowest BCUT2D eigenvalue weighted by atomic mass is 9.86. The van der Waals surface area contributed by atoms with E-state index in [2.05, 4.69) is 0 Å². The van der Waals surface area contributed by atoms with Gasteiger partial charge in [0.25, 0.3) is 0 Å². The van der Waals surface area contributed by atoms with Crippen molar-refractivity contribution in [2.24, 2.45) is 0 Å². The molecule has 12 heavy (non-hydrogen) atoms. The average molecular weight is 185 g/mol. The van der Waals surface area contributed by atoms with Gasteiger partial charge in [0.05, 0.1) is 6.61 Å². The molecule has 0 bridgehead atoms. The van der Waals surface area contributed by atoms with Crippen molar-refractivity contribution in [3.8, 4) is 0 Å². The Morgan fingerprint density at radius 3 is 2.17 bits per heavy atom. The number of hydrogen-bond donors (Lipinski definition) is 1. The van der Waals surface area contributed by atoms with Crippen LogP contribution in [-0.2, 0) is 5.41 Å². The fourth-order valence-electron chi connectivity index (χ4n) is 0.992. The second kappa shape index (κ2) is 3.46. The highest BCUT2D eigenvalue weighted by atomic mass is 35.5. The minimum absolute atomic E-state index is 0.147. The normalized spacial score (nSPS) is 11.7. The summed E-state index contributed by atoms with van der Waals surface area (Å²) >= 11 is 5.74. The molecule has 0 aliphatic rings. The van der Waals surface area contributed by atoms with Crippen LogP contribution in [0.2, 0.25) is 5.02 Å². The molecule has 0 heterocycles. The second-order valence-electron chi connectivity index (χ2n) is 3.55. The summed E-state index contributed by atoms with van der Waals surface area (Å²) in [5.74, 6) is 0. The average Bonchev–Trinajstić information content (AvgIpc) is 2.05. The zero-order valence-corrected chi connectivity index (χ0v) is 8.10. The topological polar surface area (TPSA) is 20.2 Å². The van der Waals surface area contributed by atoms with E-state index in [1.54, 1.807) is 0 Å². The minimum Gasteiger partial charge on any atom is -0.395 e. The van der Waals surface area contributed by atoms with Crippen LogP contribution in [0.25, 0.3) is 0 Å². The largest absolute Gasteiger partial charge is 0.395 e. The van der Waals surface area contributed by atoms with E-state index < -0.39 is 0 Å². The lowest BCUT2D eigenvalue weighted by Crippen LogP contribution is -2.21. The predicted octanol–water partition coefficient (Wildman–Crippen LogP) is 2.61. The Bertz CT molecular complexity index is 251. The highest BCUT2D eigenvalue weighted by Crippen LogP contribution is 2.23. The number of rotatable bonds is 2. The Morgan fingerprint density at radius 2 is 1.75 bits per heavy atom. The van der Waals surface area contributed by atoms with Crippen molar-refractivity contribution in [2.45, 2.75) is 19.3 Å². The van der Waals surface area contributed by atoms with Gasteiger partial charge in [0.15, 0.2) is 0 Å². The van der Waals surface area contributed by atoms with E-state index in [9.17, 15) is 0 Å². The third kappa shape index (κ3) is 1.99.